The molecule has 2 N–H and O–H groups in total. The van der Waals surface area contributed by atoms with Gasteiger partial charge in [0, 0.05) is 10.0 Å². The molecule has 0 spiro atoms. The lowest BCUT2D eigenvalue weighted by molar-refractivity contribution is 0.607. The Morgan fingerprint density at radius 1 is 1.05 bits per heavy atom. The lowest BCUT2D eigenvalue weighted by Crippen LogP contribution is -2.03. The maximum absolute atomic E-state index is 13.9. The van der Waals surface area contributed by atoms with Crippen LogP contribution < -0.4 is 5.73 Å². The number of benzene rings is 2. The molecule has 0 saturated heterocycles. The van der Waals surface area contributed by atoms with E-state index in [4.69, 9.17) is 5.73 Å². The van der Waals surface area contributed by atoms with Crippen LogP contribution in [0.2, 0.25) is 0 Å². The Morgan fingerprint density at radius 3 is 2.62 bits per heavy atom. The second kappa shape index (κ2) is 5.21. The first kappa shape index (κ1) is 13.6. The van der Waals surface area contributed by atoms with E-state index < -0.39 is 11.6 Å². The normalized spacial score (nSPS) is 10.8. The van der Waals surface area contributed by atoms with Crippen molar-refractivity contribution in [1.82, 2.24) is 20.2 Å². The zero-order chi connectivity index (χ0) is 15.0. The van der Waals surface area contributed by atoms with Crippen molar-refractivity contribution in [3.8, 4) is 17.1 Å². The first-order valence-corrected chi connectivity index (χ1v) is 6.65. The van der Waals surface area contributed by atoms with Crippen molar-refractivity contribution in [2.45, 2.75) is 0 Å². The molecule has 0 bridgehead atoms. The topological polar surface area (TPSA) is 69.6 Å². The monoisotopic (exact) mass is 351 g/mol. The van der Waals surface area contributed by atoms with Crippen LogP contribution in [0.5, 0.6) is 0 Å². The summed E-state index contributed by atoms with van der Waals surface area (Å²) >= 11 is 3.26. The summed E-state index contributed by atoms with van der Waals surface area (Å²) in [5.41, 5.74) is 6.00. The van der Waals surface area contributed by atoms with Crippen LogP contribution in [-0.2, 0) is 0 Å². The third-order valence-electron chi connectivity index (χ3n) is 2.86. The number of aromatic nitrogens is 4. The van der Waals surface area contributed by atoms with Crippen molar-refractivity contribution in [2.24, 2.45) is 0 Å². The van der Waals surface area contributed by atoms with Crippen molar-refractivity contribution in [2.75, 3.05) is 5.73 Å². The van der Waals surface area contributed by atoms with Crippen molar-refractivity contribution in [3.05, 3.63) is 52.5 Å². The molecule has 0 radical (unpaired) electrons. The molecule has 0 atom stereocenters. The predicted octanol–water partition coefficient (Wildman–Crippen LogP) is 2.95. The molecular formula is C13H8BrF2N5. The number of hydrogen-bond donors (Lipinski definition) is 1. The summed E-state index contributed by atoms with van der Waals surface area (Å²) in [6.45, 7) is 0. The lowest BCUT2D eigenvalue weighted by atomic mass is 10.2. The average molecular weight is 352 g/mol. The van der Waals surface area contributed by atoms with E-state index >= 15 is 0 Å². The maximum Gasteiger partial charge on any atom is 0.187 e. The van der Waals surface area contributed by atoms with Gasteiger partial charge in [-0.15, -0.1) is 5.10 Å². The van der Waals surface area contributed by atoms with Crippen molar-refractivity contribution in [1.29, 1.82) is 0 Å². The minimum absolute atomic E-state index is 0.0198. The van der Waals surface area contributed by atoms with Crippen LogP contribution in [0.1, 0.15) is 0 Å². The van der Waals surface area contributed by atoms with Gasteiger partial charge < -0.3 is 5.73 Å². The van der Waals surface area contributed by atoms with E-state index in [-0.39, 0.29) is 17.2 Å². The molecule has 0 aliphatic heterocycles. The third-order valence-corrected chi connectivity index (χ3v) is 3.36. The standard InChI is InChI=1S/C13H8BrF2N5/c14-8-2-3-9(15)12(6-8)21-13(18-19-20-21)7-1-4-11(17)10(16)5-7/h1-6H,17H2. The van der Waals surface area contributed by atoms with E-state index in [9.17, 15) is 8.78 Å². The van der Waals surface area contributed by atoms with Crippen LogP contribution in [0.4, 0.5) is 14.5 Å². The molecule has 1 aromatic heterocycles. The first-order valence-electron chi connectivity index (χ1n) is 5.85. The number of nitrogens with two attached hydrogens (primary N) is 1. The number of halogens is 3. The van der Waals surface area contributed by atoms with Gasteiger partial charge in [-0.1, -0.05) is 15.9 Å². The molecule has 21 heavy (non-hydrogen) atoms. The fraction of sp³-hybridized carbons (Fsp3) is 0. The highest BCUT2D eigenvalue weighted by atomic mass is 79.9. The van der Waals surface area contributed by atoms with E-state index in [0.29, 0.717) is 10.0 Å². The molecule has 0 amide bonds. The molecule has 5 nitrogen and oxygen atoms in total. The summed E-state index contributed by atoms with van der Waals surface area (Å²) in [5.74, 6) is -0.870. The average Bonchev–Trinajstić information content (AvgIpc) is 2.93. The zero-order valence-electron chi connectivity index (χ0n) is 10.5. The Balaban J connectivity index is 2.17. The molecule has 0 fully saturated rings. The molecule has 0 saturated carbocycles. The Bertz CT molecular complexity index is 818. The van der Waals surface area contributed by atoms with Gasteiger partial charge in [-0.2, -0.15) is 4.68 Å². The maximum atomic E-state index is 13.9. The number of rotatable bonds is 2. The Labute approximate surface area is 126 Å². The van der Waals surface area contributed by atoms with Crippen LogP contribution >= 0.6 is 15.9 Å². The minimum atomic E-state index is -0.586. The van der Waals surface area contributed by atoms with E-state index in [1.54, 1.807) is 12.1 Å². The van der Waals surface area contributed by atoms with Gasteiger partial charge in [0.1, 0.15) is 17.3 Å². The summed E-state index contributed by atoms with van der Waals surface area (Å²) in [7, 11) is 0. The molecule has 0 unspecified atom stereocenters. The van der Waals surface area contributed by atoms with Gasteiger partial charge in [0.05, 0.1) is 5.69 Å². The summed E-state index contributed by atoms with van der Waals surface area (Å²) < 4.78 is 29.4. The summed E-state index contributed by atoms with van der Waals surface area (Å²) in [5, 5.41) is 11.1. The van der Waals surface area contributed by atoms with E-state index in [0.717, 1.165) is 0 Å². The first-order chi connectivity index (χ1) is 10.1. The van der Waals surface area contributed by atoms with E-state index in [2.05, 4.69) is 31.5 Å². The van der Waals surface area contributed by atoms with E-state index in [1.807, 2.05) is 0 Å². The third kappa shape index (κ3) is 2.49. The fourth-order valence-electron chi connectivity index (χ4n) is 1.84. The largest absolute Gasteiger partial charge is 0.396 e. The minimum Gasteiger partial charge on any atom is -0.396 e. The van der Waals surface area contributed by atoms with Gasteiger partial charge in [0.2, 0.25) is 0 Å². The van der Waals surface area contributed by atoms with Gasteiger partial charge in [-0.05, 0) is 46.8 Å². The molecule has 106 valence electrons. The molecule has 1 heterocycles. The summed E-state index contributed by atoms with van der Waals surface area (Å²) in [6.07, 6.45) is 0. The molecule has 3 rings (SSSR count). The molecule has 8 heteroatoms. The number of nitrogen functional groups attached to an aromatic ring is 1. The highest BCUT2D eigenvalue weighted by molar-refractivity contribution is 9.10. The van der Waals surface area contributed by atoms with Gasteiger partial charge in [-0.3, -0.25) is 0 Å². The van der Waals surface area contributed by atoms with Crippen molar-refractivity contribution < 1.29 is 8.78 Å². The number of hydrogen-bond acceptors (Lipinski definition) is 4. The van der Waals surface area contributed by atoms with Gasteiger partial charge in [0.25, 0.3) is 0 Å². The molecule has 0 aliphatic carbocycles. The lowest BCUT2D eigenvalue weighted by Gasteiger charge is -2.07. The number of nitrogens with zero attached hydrogens (tertiary/aromatic N) is 4. The van der Waals surface area contributed by atoms with Gasteiger partial charge in [0.15, 0.2) is 5.82 Å². The Hall–Kier alpha value is -2.35. The van der Waals surface area contributed by atoms with Crippen LogP contribution in [0, 0.1) is 11.6 Å². The molecule has 3 aromatic rings. The van der Waals surface area contributed by atoms with Gasteiger partial charge >= 0.3 is 0 Å². The van der Waals surface area contributed by atoms with E-state index in [1.165, 1.54) is 28.9 Å². The Morgan fingerprint density at radius 2 is 1.86 bits per heavy atom. The second-order valence-electron chi connectivity index (χ2n) is 4.25. The Kier molecular flexibility index (Phi) is 3.38. The quantitative estimate of drug-likeness (QED) is 0.720. The highest BCUT2D eigenvalue weighted by Crippen LogP contribution is 2.25. The summed E-state index contributed by atoms with van der Waals surface area (Å²) in [4.78, 5) is 0. The highest BCUT2D eigenvalue weighted by Gasteiger charge is 2.15. The molecule has 0 aliphatic rings. The smallest absolute Gasteiger partial charge is 0.187 e. The fourth-order valence-corrected chi connectivity index (χ4v) is 2.19. The molecular weight excluding hydrogens is 344 g/mol. The van der Waals surface area contributed by atoms with Crippen LogP contribution in [0.25, 0.3) is 17.1 Å². The number of tetrazole rings is 1. The van der Waals surface area contributed by atoms with Gasteiger partial charge in [-0.25, -0.2) is 8.78 Å². The van der Waals surface area contributed by atoms with Crippen LogP contribution in [0.15, 0.2) is 40.9 Å². The number of anilines is 1. The summed E-state index contributed by atoms with van der Waals surface area (Å²) in [6, 6.07) is 8.55. The van der Waals surface area contributed by atoms with Crippen LogP contribution in [0.3, 0.4) is 0 Å². The van der Waals surface area contributed by atoms with Crippen LogP contribution in [-0.4, -0.2) is 20.2 Å². The van der Waals surface area contributed by atoms with Crippen molar-refractivity contribution in [3.63, 3.8) is 0 Å². The zero-order valence-corrected chi connectivity index (χ0v) is 12.1. The SMILES string of the molecule is Nc1ccc(-c2nnnn2-c2cc(Br)ccc2F)cc1F. The predicted molar refractivity (Wildman–Crippen MR) is 76.6 cm³/mol. The molecule has 2 aromatic carbocycles. The van der Waals surface area contributed by atoms with Crippen molar-refractivity contribution >= 4 is 21.6 Å². The second-order valence-corrected chi connectivity index (χ2v) is 5.16.